The maximum absolute atomic E-state index is 14.8. The molecule has 16 heteroatoms. The van der Waals surface area contributed by atoms with Crippen LogP contribution >= 0.6 is 0 Å². The van der Waals surface area contributed by atoms with Gasteiger partial charge in [0.25, 0.3) is 11.8 Å². The van der Waals surface area contributed by atoms with Crippen molar-refractivity contribution in [1.82, 2.24) is 20.4 Å². The molecule has 3 aromatic carbocycles. The molecule has 9 N–H and O–H groups in total. The Morgan fingerprint density at radius 3 is 1.30 bits per heavy atom. The van der Waals surface area contributed by atoms with E-state index in [2.05, 4.69) is 25.3 Å². The summed E-state index contributed by atoms with van der Waals surface area (Å²) in [6, 6.07) is 20.1. The molecular formula is C44H51N7O9. The summed E-state index contributed by atoms with van der Waals surface area (Å²) >= 11 is 0. The second-order valence-corrected chi connectivity index (χ2v) is 17.5. The van der Waals surface area contributed by atoms with Gasteiger partial charge in [0.15, 0.2) is 0 Å². The van der Waals surface area contributed by atoms with Gasteiger partial charge in [0.05, 0.1) is 0 Å². The molecule has 4 unspecified atom stereocenters. The van der Waals surface area contributed by atoms with Crippen molar-refractivity contribution in [3.05, 3.63) is 95.1 Å². The van der Waals surface area contributed by atoms with E-state index in [1.165, 1.54) is 0 Å². The molecule has 16 nitrogen and oxygen atoms in total. The molecule has 6 amide bonds. The Balaban J connectivity index is 1.27. The molecule has 316 valence electrons. The van der Waals surface area contributed by atoms with Crippen LogP contribution in [0.1, 0.15) is 87.5 Å². The van der Waals surface area contributed by atoms with Crippen LogP contribution in [0, 0.1) is 0 Å². The van der Waals surface area contributed by atoms with Crippen molar-refractivity contribution in [1.29, 1.82) is 0 Å². The van der Waals surface area contributed by atoms with Gasteiger partial charge in [-0.1, -0.05) is 62.4 Å². The van der Waals surface area contributed by atoms with Gasteiger partial charge in [0.1, 0.15) is 16.8 Å². The number of nitrogens with one attached hydrogen (secondary N) is 2. The number of phenolic OH excluding ortho intramolecular Hbond substituents is 1. The van der Waals surface area contributed by atoms with Crippen LogP contribution in [-0.2, 0) is 41.1 Å². The number of hydrogen-bond donors (Lipinski definition) is 7. The molecule has 60 heavy (non-hydrogen) atoms. The largest absolute Gasteiger partial charge is 0.508 e. The van der Waals surface area contributed by atoms with Gasteiger partial charge < -0.3 is 31.7 Å². The highest BCUT2D eigenvalue weighted by atomic mass is 16.4. The topological polar surface area (TPSA) is 249 Å². The number of aromatic hydroxyl groups is 1. The molecule has 0 radical (unpaired) electrons. The standard InChI is InChI=1S/C44H51N7O9/c1-41(23-35(45)53)25-7-11-27(12-8-25)43(41,37(55)47-39(57)58)49-21-3-5-31(49)33-19-20-34(51(33)29-15-17-30(52)18-16-29)32-6-4-22-50(32)44(38(56)48-40(59)60)28-13-9-26(10-14-28)42(44,2)24-36(46)54/h7-18,31-34,52H,3-6,19-24H2,1-2H3,(H2,45,53)(H2,46,54)(H,47,55)(H,48,56)(H,57,58)(H,59,60)/t31?,32?,33-,34-,41?,42?,43+,44+/m0/s1. The molecule has 10 rings (SSSR count). The fourth-order valence-corrected chi connectivity index (χ4v) is 12.6. The first-order valence-corrected chi connectivity index (χ1v) is 20.5. The summed E-state index contributed by atoms with van der Waals surface area (Å²) in [5, 5.41) is 34.8. The number of benzene rings is 3. The minimum Gasteiger partial charge on any atom is -0.508 e. The molecule has 7 aliphatic rings. The predicted molar refractivity (Wildman–Crippen MR) is 218 cm³/mol. The van der Waals surface area contributed by atoms with Crippen molar-refractivity contribution >= 4 is 41.5 Å². The van der Waals surface area contributed by atoms with Crippen LogP contribution in [0.4, 0.5) is 15.3 Å². The van der Waals surface area contributed by atoms with Crippen LogP contribution in [0.25, 0.3) is 0 Å². The summed E-state index contributed by atoms with van der Waals surface area (Å²) in [5.41, 5.74) is 9.27. The van der Waals surface area contributed by atoms with Crippen molar-refractivity contribution < 1.29 is 44.1 Å². The van der Waals surface area contributed by atoms with Gasteiger partial charge in [0.2, 0.25) is 11.8 Å². The van der Waals surface area contributed by atoms with Gasteiger partial charge in [-0.05, 0) is 98.1 Å². The number of primary amides is 2. The number of nitrogens with zero attached hydrogens (tertiary/aromatic N) is 3. The minimum absolute atomic E-state index is 0.0597. The number of amides is 6. The SMILES string of the molecule is CC1(CC(N)=O)c2ccc(cc2)[C@]1(C(=O)NC(=O)O)N1CCCC1[C@@H]1CC[C@@H](C2CCCN2[C@@]2(C(=O)NC(=O)O)c3ccc(cc3)C2(C)CC(N)=O)N1c1ccc(O)cc1. The summed E-state index contributed by atoms with van der Waals surface area (Å²) in [6.07, 6.45) is 0.289. The quantitative estimate of drug-likeness (QED) is 0.147. The Labute approximate surface area is 346 Å². The van der Waals surface area contributed by atoms with Crippen LogP contribution in [0.5, 0.6) is 5.75 Å². The average Bonchev–Trinajstić information content (AvgIpc) is 3.95. The lowest BCUT2D eigenvalue weighted by Gasteiger charge is -2.58. The number of carbonyl (C=O) groups is 6. The highest BCUT2D eigenvalue weighted by molar-refractivity contribution is 6.01. The number of fused-ring (bicyclic) bond motifs is 6. The molecule has 4 aliphatic carbocycles. The molecule has 4 bridgehead atoms. The van der Waals surface area contributed by atoms with E-state index in [1.807, 2.05) is 60.7 Å². The summed E-state index contributed by atoms with van der Waals surface area (Å²) in [4.78, 5) is 86.3. The van der Waals surface area contributed by atoms with Gasteiger partial charge in [-0.3, -0.25) is 39.6 Å². The average molecular weight is 822 g/mol. The van der Waals surface area contributed by atoms with E-state index in [4.69, 9.17) is 11.5 Å². The molecule has 3 saturated heterocycles. The van der Waals surface area contributed by atoms with E-state index in [0.29, 0.717) is 73.9 Å². The minimum atomic E-state index is -1.64. The lowest BCUT2D eigenvalue weighted by atomic mass is 9.56. The zero-order valence-corrected chi connectivity index (χ0v) is 33.6. The second kappa shape index (κ2) is 14.6. The molecule has 0 spiro atoms. The number of hydrogen-bond acceptors (Lipinski definition) is 10. The molecule has 3 aliphatic heterocycles. The number of anilines is 1. The number of carbonyl (C=O) groups excluding carboxylic acids is 4. The third-order valence-corrected chi connectivity index (χ3v) is 14.6. The first-order valence-electron chi connectivity index (χ1n) is 20.5. The number of likely N-dealkylation sites (tertiary alicyclic amines) is 2. The molecular weight excluding hydrogens is 771 g/mol. The van der Waals surface area contributed by atoms with Crippen LogP contribution in [0.15, 0.2) is 72.8 Å². The predicted octanol–water partition coefficient (Wildman–Crippen LogP) is 3.33. The number of nitrogens with two attached hydrogens (primary N) is 2. The van der Waals surface area contributed by atoms with Crippen LogP contribution in [0.3, 0.4) is 0 Å². The van der Waals surface area contributed by atoms with Crippen molar-refractivity contribution in [2.24, 2.45) is 11.5 Å². The second-order valence-electron chi connectivity index (χ2n) is 17.5. The van der Waals surface area contributed by atoms with Gasteiger partial charge in [0, 0.05) is 53.5 Å². The molecule has 3 aromatic rings. The van der Waals surface area contributed by atoms with Crippen LogP contribution in [-0.4, -0.2) is 98.2 Å². The maximum atomic E-state index is 14.8. The van der Waals surface area contributed by atoms with Crippen LogP contribution < -0.4 is 27.0 Å². The van der Waals surface area contributed by atoms with E-state index in [9.17, 15) is 44.1 Å². The molecule has 0 aromatic heterocycles. The summed E-state index contributed by atoms with van der Waals surface area (Å²) in [5.74, 6) is -2.77. The summed E-state index contributed by atoms with van der Waals surface area (Å²) < 4.78 is 0. The van der Waals surface area contributed by atoms with Gasteiger partial charge >= 0.3 is 12.2 Å². The summed E-state index contributed by atoms with van der Waals surface area (Å²) in [6.45, 7) is 4.40. The number of carboxylic acid groups (broad SMARTS) is 2. The smallest absolute Gasteiger partial charge is 0.411 e. The number of rotatable bonds is 11. The van der Waals surface area contributed by atoms with Crippen molar-refractivity contribution in [3.8, 4) is 5.75 Å². The Bertz CT molecular complexity index is 2120. The number of imide groups is 2. The zero-order chi connectivity index (χ0) is 42.9. The van der Waals surface area contributed by atoms with E-state index < -0.39 is 57.7 Å². The van der Waals surface area contributed by atoms with Gasteiger partial charge in [-0.15, -0.1) is 0 Å². The fourth-order valence-electron chi connectivity index (χ4n) is 12.6. The first-order chi connectivity index (χ1) is 28.5. The maximum Gasteiger partial charge on any atom is 0.411 e. The monoisotopic (exact) mass is 821 g/mol. The molecule has 0 saturated carbocycles. The molecule has 8 atom stereocenters. The van der Waals surface area contributed by atoms with E-state index in [-0.39, 0.29) is 42.8 Å². The third kappa shape index (κ3) is 5.78. The lowest BCUT2D eigenvalue weighted by Crippen LogP contribution is -2.72. The Kier molecular flexibility index (Phi) is 9.93. The van der Waals surface area contributed by atoms with Crippen molar-refractivity contribution in [3.63, 3.8) is 0 Å². The third-order valence-electron chi connectivity index (χ3n) is 14.6. The van der Waals surface area contributed by atoms with E-state index in [1.54, 1.807) is 26.0 Å². The fraction of sp³-hybridized carbons (Fsp3) is 0.455. The van der Waals surface area contributed by atoms with E-state index >= 15 is 0 Å². The Morgan fingerprint density at radius 1 is 0.583 bits per heavy atom. The molecule has 3 fully saturated rings. The van der Waals surface area contributed by atoms with Crippen molar-refractivity contribution in [2.75, 3.05) is 18.0 Å². The Hall–Kier alpha value is -6.00. The lowest BCUT2D eigenvalue weighted by molar-refractivity contribution is -0.144. The summed E-state index contributed by atoms with van der Waals surface area (Å²) in [7, 11) is 0. The highest BCUT2D eigenvalue weighted by Gasteiger charge is 2.67. The molecule has 3 heterocycles. The zero-order valence-electron chi connectivity index (χ0n) is 33.6. The first kappa shape index (κ1) is 40.8. The van der Waals surface area contributed by atoms with Gasteiger partial charge in [-0.2, -0.15) is 0 Å². The Morgan fingerprint density at radius 2 is 0.950 bits per heavy atom. The van der Waals surface area contributed by atoms with Gasteiger partial charge in [-0.25, -0.2) is 9.59 Å². The van der Waals surface area contributed by atoms with E-state index in [0.717, 1.165) is 5.69 Å². The highest BCUT2D eigenvalue weighted by Crippen LogP contribution is 2.58. The van der Waals surface area contributed by atoms with Crippen LogP contribution in [0.2, 0.25) is 0 Å². The van der Waals surface area contributed by atoms with Crippen molar-refractivity contribution in [2.45, 2.75) is 111 Å². The normalized spacial score (nSPS) is 31.9. The number of phenols is 1.